The van der Waals surface area contributed by atoms with Crippen molar-refractivity contribution in [2.75, 3.05) is 19.8 Å². The molecule has 0 spiro atoms. The lowest BCUT2D eigenvalue weighted by Crippen LogP contribution is -2.39. The van der Waals surface area contributed by atoms with Crippen LogP contribution in [0.2, 0.25) is 0 Å². The van der Waals surface area contributed by atoms with E-state index in [0.29, 0.717) is 19.0 Å². The van der Waals surface area contributed by atoms with Crippen LogP contribution in [0.15, 0.2) is 29.4 Å². The van der Waals surface area contributed by atoms with Crippen LogP contribution in [-0.4, -0.2) is 31.8 Å². The van der Waals surface area contributed by atoms with Gasteiger partial charge in [0.1, 0.15) is 11.9 Å². The first-order chi connectivity index (χ1) is 9.67. The van der Waals surface area contributed by atoms with Gasteiger partial charge in [-0.3, -0.25) is 0 Å². The smallest absolute Gasteiger partial charge is 0.119 e. The summed E-state index contributed by atoms with van der Waals surface area (Å²) >= 11 is 0. The predicted octanol–water partition coefficient (Wildman–Crippen LogP) is 1.07. The zero-order valence-electron chi connectivity index (χ0n) is 11.2. The van der Waals surface area contributed by atoms with Crippen LogP contribution in [0, 0.1) is 0 Å². The molecular formula is C13H16N3O4-. The van der Waals surface area contributed by atoms with E-state index < -0.39 is 12.1 Å². The Bertz CT molecular complexity index is 469. The van der Waals surface area contributed by atoms with Crippen LogP contribution in [0.5, 0.6) is 5.75 Å². The van der Waals surface area contributed by atoms with Gasteiger partial charge in [-0.2, -0.15) is 0 Å². The molecule has 20 heavy (non-hydrogen) atoms. The average molecular weight is 278 g/mol. The van der Waals surface area contributed by atoms with Crippen molar-refractivity contribution in [2.24, 2.45) is 5.11 Å². The third-order valence-corrected chi connectivity index (χ3v) is 2.50. The minimum atomic E-state index is -1.22. The number of carboxylic acids is 1. The number of carboxylic acid groups (broad SMARTS) is 1. The monoisotopic (exact) mass is 278 g/mol. The van der Waals surface area contributed by atoms with E-state index in [-0.39, 0.29) is 13.0 Å². The second-order valence-corrected chi connectivity index (χ2v) is 3.91. The van der Waals surface area contributed by atoms with E-state index in [1.165, 1.54) is 0 Å². The third kappa shape index (κ3) is 5.60. The van der Waals surface area contributed by atoms with Crippen LogP contribution >= 0.6 is 0 Å². The number of carbonyl (C=O) groups is 1. The summed E-state index contributed by atoms with van der Waals surface area (Å²) in [5.74, 6) is -0.593. The van der Waals surface area contributed by atoms with Gasteiger partial charge in [0.05, 0.1) is 19.1 Å². The third-order valence-electron chi connectivity index (χ3n) is 2.50. The Hall–Kier alpha value is -2.24. The van der Waals surface area contributed by atoms with Crippen molar-refractivity contribution in [3.63, 3.8) is 0 Å². The average Bonchev–Trinajstić information content (AvgIpc) is 2.44. The summed E-state index contributed by atoms with van der Waals surface area (Å²) in [6.45, 7) is 2.61. The molecule has 1 aromatic carbocycles. The molecule has 0 saturated carbocycles. The highest BCUT2D eigenvalue weighted by molar-refractivity contribution is 5.70. The summed E-state index contributed by atoms with van der Waals surface area (Å²) in [6.07, 6.45) is -0.702. The number of hydrogen-bond donors (Lipinski definition) is 0. The van der Waals surface area contributed by atoms with Crippen molar-refractivity contribution < 1.29 is 19.4 Å². The van der Waals surface area contributed by atoms with Crippen LogP contribution in [0.25, 0.3) is 10.4 Å². The Labute approximate surface area is 116 Å². The van der Waals surface area contributed by atoms with Crippen molar-refractivity contribution in [1.29, 1.82) is 0 Å². The first kappa shape index (κ1) is 15.8. The molecule has 0 fully saturated rings. The van der Waals surface area contributed by atoms with Crippen LogP contribution in [0.4, 0.5) is 0 Å². The normalized spacial score (nSPS) is 11.4. The lowest BCUT2D eigenvalue weighted by Gasteiger charge is -2.18. The van der Waals surface area contributed by atoms with Crippen LogP contribution in [0.3, 0.4) is 0 Å². The van der Waals surface area contributed by atoms with Gasteiger partial charge in [0.15, 0.2) is 0 Å². The molecule has 0 aliphatic carbocycles. The zero-order chi connectivity index (χ0) is 14.8. The van der Waals surface area contributed by atoms with Crippen molar-refractivity contribution in [3.05, 3.63) is 40.3 Å². The molecule has 0 amide bonds. The van der Waals surface area contributed by atoms with Crippen molar-refractivity contribution in [1.82, 2.24) is 0 Å². The van der Waals surface area contributed by atoms with Crippen LogP contribution < -0.4 is 9.84 Å². The van der Waals surface area contributed by atoms with Crippen molar-refractivity contribution in [3.8, 4) is 5.75 Å². The molecule has 1 unspecified atom stereocenters. The van der Waals surface area contributed by atoms with Gasteiger partial charge in [-0.25, -0.2) is 0 Å². The van der Waals surface area contributed by atoms with E-state index in [1.807, 2.05) is 0 Å². The largest absolute Gasteiger partial charge is 0.547 e. The highest BCUT2D eigenvalue weighted by atomic mass is 16.5. The summed E-state index contributed by atoms with van der Waals surface area (Å²) < 4.78 is 10.4. The van der Waals surface area contributed by atoms with E-state index in [1.54, 1.807) is 31.2 Å². The lowest BCUT2D eigenvalue weighted by atomic mass is 10.1. The number of hydrogen-bond acceptors (Lipinski definition) is 5. The van der Waals surface area contributed by atoms with Crippen molar-refractivity contribution >= 4 is 5.97 Å². The molecule has 7 heteroatoms. The molecule has 0 heterocycles. The maximum atomic E-state index is 10.9. The molecule has 1 atom stereocenters. The maximum Gasteiger partial charge on any atom is 0.119 e. The lowest BCUT2D eigenvalue weighted by molar-refractivity contribution is -0.316. The minimum Gasteiger partial charge on any atom is -0.547 e. The number of ether oxygens (including phenoxy) is 2. The van der Waals surface area contributed by atoms with Crippen LogP contribution in [0.1, 0.15) is 12.5 Å². The summed E-state index contributed by atoms with van der Waals surface area (Å²) in [5, 5.41) is 14.2. The molecular weight excluding hydrogens is 262 g/mol. The number of carbonyl (C=O) groups excluding carboxylic acids is 1. The van der Waals surface area contributed by atoms with E-state index in [2.05, 4.69) is 10.0 Å². The Morgan fingerprint density at radius 1 is 1.45 bits per heavy atom. The fourth-order valence-corrected chi connectivity index (χ4v) is 1.60. The van der Waals surface area contributed by atoms with E-state index in [4.69, 9.17) is 15.0 Å². The van der Waals surface area contributed by atoms with E-state index in [0.717, 1.165) is 5.56 Å². The summed E-state index contributed by atoms with van der Waals surface area (Å²) in [5.41, 5.74) is 8.92. The Morgan fingerprint density at radius 3 is 2.70 bits per heavy atom. The Morgan fingerprint density at radius 2 is 2.15 bits per heavy atom. The number of rotatable bonds is 9. The standard InChI is InChI=1S/C13H17N3O4/c1-2-19-12(13(17)18)9-10-3-5-11(6-4-10)20-8-7-15-16-14/h3-6,12H,2,7-9H2,1H3,(H,17,18)/p-1. The SMILES string of the molecule is CCOC(Cc1ccc(OCCN=[N+]=[N-])cc1)C(=O)[O-]. The number of benzene rings is 1. The fourth-order valence-electron chi connectivity index (χ4n) is 1.60. The van der Waals surface area contributed by atoms with Gasteiger partial charge in [0.2, 0.25) is 0 Å². The molecule has 1 rings (SSSR count). The summed E-state index contributed by atoms with van der Waals surface area (Å²) in [7, 11) is 0. The number of nitrogens with zero attached hydrogens (tertiary/aromatic N) is 3. The number of azide groups is 1. The highest BCUT2D eigenvalue weighted by Gasteiger charge is 2.10. The van der Waals surface area contributed by atoms with E-state index in [9.17, 15) is 9.90 Å². The van der Waals surface area contributed by atoms with Gasteiger partial charge in [0, 0.05) is 17.9 Å². The topological polar surface area (TPSA) is 107 Å². The van der Waals surface area contributed by atoms with Crippen molar-refractivity contribution in [2.45, 2.75) is 19.4 Å². The maximum absolute atomic E-state index is 10.9. The quantitative estimate of drug-likeness (QED) is 0.291. The second-order valence-electron chi connectivity index (χ2n) is 3.91. The molecule has 0 aromatic heterocycles. The number of aliphatic carboxylic acids is 1. The molecule has 0 aliphatic heterocycles. The van der Waals surface area contributed by atoms with E-state index >= 15 is 0 Å². The highest BCUT2D eigenvalue weighted by Crippen LogP contribution is 2.14. The molecule has 0 N–H and O–H groups in total. The van der Waals surface area contributed by atoms with Crippen LogP contribution in [-0.2, 0) is 16.0 Å². The minimum absolute atomic E-state index is 0.245. The summed E-state index contributed by atoms with van der Waals surface area (Å²) in [6, 6.07) is 6.98. The van der Waals surface area contributed by atoms with Gasteiger partial charge >= 0.3 is 0 Å². The molecule has 1 aromatic rings. The van der Waals surface area contributed by atoms with Gasteiger partial charge in [-0.1, -0.05) is 17.2 Å². The van der Waals surface area contributed by atoms with Gasteiger partial charge in [-0.05, 0) is 30.2 Å². The summed E-state index contributed by atoms with van der Waals surface area (Å²) in [4.78, 5) is 13.5. The first-order valence-electron chi connectivity index (χ1n) is 6.22. The zero-order valence-corrected chi connectivity index (χ0v) is 11.2. The first-order valence-corrected chi connectivity index (χ1v) is 6.22. The molecule has 0 bridgehead atoms. The van der Waals surface area contributed by atoms with Gasteiger partial charge in [0.25, 0.3) is 0 Å². The second kappa shape index (κ2) is 8.79. The molecule has 0 radical (unpaired) electrons. The van der Waals surface area contributed by atoms with Gasteiger partial charge in [-0.15, -0.1) is 0 Å². The van der Waals surface area contributed by atoms with Gasteiger partial charge < -0.3 is 19.4 Å². The Kier molecular flexibility index (Phi) is 6.95. The predicted molar refractivity (Wildman–Crippen MR) is 70.1 cm³/mol. The Balaban J connectivity index is 2.52. The molecule has 108 valence electrons. The molecule has 7 nitrogen and oxygen atoms in total. The molecule has 0 saturated heterocycles. The molecule has 0 aliphatic rings. The fraction of sp³-hybridized carbons (Fsp3) is 0.462.